The number of alkyl halides is 3. The molecule has 14 heteroatoms. The van der Waals surface area contributed by atoms with E-state index in [1.165, 1.54) is 18.0 Å². The molecular weight excluding hydrogens is 652 g/mol. The second-order valence-corrected chi connectivity index (χ2v) is 9.66. The zero-order chi connectivity index (χ0) is 27.9. The lowest BCUT2D eigenvalue weighted by atomic mass is 10.1. The Morgan fingerprint density at radius 2 is 1.88 bits per heavy atom. The Morgan fingerprint density at radius 1 is 1.12 bits per heavy atom. The van der Waals surface area contributed by atoms with Crippen LogP contribution in [0.4, 0.5) is 19.0 Å². The molecule has 0 amide bonds. The van der Waals surface area contributed by atoms with Gasteiger partial charge in [0.25, 0.3) is 0 Å². The first kappa shape index (κ1) is 28.9. The van der Waals surface area contributed by atoms with E-state index in [0.29, 0.717) is 59.9 Å². The maximum absolute atomic E-state index is 13.4. The van der Waals surface area contributed by atoms with Gasteiger partial charge in [0.15, 0.2) is 11.5 Å². The Morgan fingerprint density at radius 3 is 2.49 bits per heavy atom. The highest BCUT2D eigenvalue weighted by Gasteiger charge is 2.37. The third kappa shape index (κ3) is 5.88. The molecule has 1 aliphatic carbocycles. The normalized spacial score (nSPS) is 15.1. The van der Waals surface area contributed by atoms with Gasteiger partial charge in [-0.05, 0) is 18.4 Å². The summed E-state index contributed by atoms with van der Waals surface area (Å²) in [5.74, 6) is 1.80. The van der Waals surface area contributed by atoms with Gasteiger partial charge in [-0.2, -0.15) is 13.2 Å². The second kappa shape index (κ2) is 11.7. The van der Waals surface area contributed by atoms with Gasteiger partial charge in [-0.1, -0.05) is 24.3 Å². The molecule has 2 fully saturated rings. The summed E-state index contributed by atoms with van der Waals surface area (Å²) in [6.45, 7) is 1.05. The molecule has 0 unspecified atom stereocenters. The number of hydrogen-bond acceptors (Lipinski definition) is 9. The van der Waals surface area contributed by atoms with E-state index >= 15 is 0 Å². The van der Waals surface area contributed by atoms with Crippen LogP contribution in [0.2, 0.25) is 0 Å². The number of nitrogens with one attached hydrogen (secondary N) is 2. The predicted octanol–water partition coefficient (Wildman–Crippen LogP) is 5.50. The van der Waals surface area contributed by atoms with Gasteiger partial charge in [-0.25, -0.2) is 24.9 Å². The van der Waals surface area contributed by atoms with Crippen molar-refractivity contribution in [1.82, 2.24) is 29.5 Å². The highest BCUT2D eigenvalue weighted by Crippen LogP contribution is 2.45. The zero-order valence-corrected chi connectivity index (χ0v) is 24.2. The van der Waals surface area contributed by atoms with E-state index in [-0.39, 0.29) is 35.8 Å². The summed E-state index contributed by atoms with van der Waals surface area (Å²) < 4.78 is 52.3. The fourth-order valence-electron chi connectivity index (χ4n) is 4.54. The Kier molecular flexibility index (Phi) is 8.22. The minimum absolute atomic E-state index is 0. The number of aromatic nitrogens is 6. The summed E-state index contributed by atoms with van der Waals surface area (Å²) in [6, 6.07) is 6.94. The maximum Gasteiger partial charge on any atom is 0.434 e. The summed E-state index contributed by atoms with van der Waals surface area (Å²) in [6.07, 6.45) is 2.76. The number of ether oxygens (including phenoxy) is 2. The molecule has 1 saturated heterocycles. The van der Waals surface area contributed by atoms with Crippen LogP contribution in [0.15, 0.2) is 43.0 Å². The van der Waals surface area contributed by atoms with Gasteiger partial charge in [0.2, 0.25) is 5.88 Å². The number of methoxy groups -OCH3 is 1. The Labute approximate surface area is 250 Å². The van der Waals surface area contributed by atoms with Gasteiger partial charge in [0.05, 0.1) is 37.6 Å². The van der Waals surface area contributed by atoms with Gasteiger partial charge in [0, 0.05) is 36.6 Å². The van der Waals surface area contributed by atoms with E-state index in [0.717, 1.165) is 36.5 Å². The van der Waals surface area contributed by atoms with E-state index in [9.17, 15) is 13.2 Å². The number of anilines is 1. The van der Waals surface area contributed by atoms with Crippen LogP contribution >= 0.6 is 24.0 Å². The molecular formula is C27H26F3IN8O2. The fourth-order valence-corrected chi connectivity index (χ4v) is 4.54. The fraction of sp³-hybridized carbons (Fsp3) is 0.333. The smallest absolute Gasteiger partial charge is 0.434 e. The molecule has 10 nitrogen and oxygen atoms in total. The third-order valence-corrected chi connectivity index (χ3v) is 6.90. The number of halogens is 4. The van der Waals surface area contributed by atoms with Crippen molar-refractivity contribution in [2.75, 3.05) is 25.6 Å². The maximum atomic E-state index is 13.4. The van der Waals surface area contributed by atoms with E-state index < -0.39 is 11.9 Å². The minimum atomic E-state index is -4.53. The first-order chi connectivity index (χ1) is 19.4. The zero-order valence-electron chi connectivity index (χ0n) is 21.9. The molecule has 41 heavy (non-hydrogen) atoms. The molecule has 214 valence electrons. The standard InChI is InChI=1S/C27H25F3N8O2.HI/c1-39-26-21(22(16-6-7-16)34-14-35-26)24-33-10-18(8-31)23(37-24)32-9-15-2-4-17(5-3-15)25-36-20(27(28,29)30)11-38(25)19-12-40-13-19;/h2-5,8,10-11,14,16,19,31H,6-7,9,12-13H2,1H3,(H,32,33,37);1H. The lowest BCUT2D eigenvalue weighted by molar-refractivity contribution is -0.141. The second-order valence-electron chi connectivity index (χ2n) is 9.66. The molecule has 0 radical (unpaired) electrons. The highest BCUT2D eigenvalue weighted by molar-refractivity contribution is 14.0. The molecule has 6 rings (SSSR count). The van der Waals surface area contributed by atoms with Crippen molar-refractivity contribution in [2.45, 2.75) is 37.5 Å². The average Bonchev–Trinajstić information content (AvgIpc) is 3.69. The van der Waals surface area contributed by atoms with Crippen LogP contribution in [0, 0.1) is 5.41 Å². The lowest BCUT2D eigenvalue weighted by Gasteiger charge is -2.28. The van der Waals surface area contributed by atoms with Gasteiger partial charge in [0.1, 0.15) is 23.5 Å². The van der Waals surface area contributed by atoms with Crippen molar-refractivity contribution in [1.29, 1.82) is 5.41 Å². The summed E-state index contributed by atoms with van der Waals surface area (Å²) in [5, 5.41) is 11.0. The molecule has 0 atom stereocenters. The van der Waals surface area contributed by atoms with Crippen molar-refractivity contribution in [3.8, 4) is 28.7 Å². The molecule has 1 aromatic carbocycles. The summed E-state index contributed by atoms with van der Waals surface area (Å²) in [7, 11) is 1.54. The number of hydrogen-bond donors (Lipinski definition) is 2. The van der Waals surface area contributed by atoms with Gasteiger partial charge >= 0.3 is 6.18 Å². The van der Waals surface area contributed by atoms with Gasteiger partial charge in [-0.3, -0.25) is 0 Å². The van der Waals surface area contributed by atoms with Crippen molar-refractivity contribution >= 4 is 36.0 Å². The van der Waals surface area contributed by atoms with Crippen LogP contribution < -0.4 is 10.1 Å². The number of nitrogens with zero attached hydrogens (tertiary/aromatic N) is 6. The molecule has 3 aromatic heterocycles. The first-order valence-electron chi connectivity index (χ1n) is 12.7. The molecule has 1 saturated carbocycles. The minimum Gasteiger partial charge on any atom is -0.480 e. The molecule has 0 bridgehead atoms. The van der Waals surface area contributed by atoms with Crippen molar-refractivity contribution < 1.29 is 22.6 Å². The molecule has 1 aliphatic heterocycles. The Hall–Kier alpha value is -3.66. The predicted molar refractivity (Wildman–Crippen MR) is 155 cm³/mol. The van der Waals surface area contributed by atoms with E-state index in [1.54, 1.807) is 18.3 Å². The Bertz CT molecular complexity index is 1550. The topological polar surface area (TPSA) is 124 Å². The summed E-state index contributed by atoms with van der Waals surface area (Å²) >= 11 is 0. The van der Waals surface area contributed by atoms with Crippen LogP contribution in [0.5, 0.6) is 5.88 Å². The monoisotopic (exact) mass is 678 g/mol. The molecule has 4 heterocycles. The SMILES string of the molecule is COc1ncnc(C2CC2)c1-c1ncc(C=N)c(NCc2ccc(-c3nc(C(F)(F)F)cn3C3COC3)cc2)n1.I. The summed E-state index contributed by atoms with van der Waals surface area (Å²) in [5.41, 5.74) is 2.48. The van der Waals surface area contributed by atoms with Crippen molar-refractivity contribution in [3.63, 3.8) is 0 Å². The van der Waals surface area contributed by atoms with Crippen LogP contribution in [0.25, 0.3) is 22.8 Å². The van der Waals surface area contributed by atoms with Crippen LogP contribution in [-0.4, -0.2) is 56.0 Å². The molecule has 2 aliphatic rings. The largest absolute Gasteiger partial charge is 0.480 e. The van der Waals surface area contributed by atoms with E-state index in [1.807, 2.05) is 12.1 Å². The Balaban J connectivity index is 0.00000337. The highest BCUT2D eigenvalue weighted by atomic mass is 127. The molecule has 2 N–H and O–H groups in total. The van der Waals surface area contributed by atoms with Crippen LogP contribution in [0.3, 0.4) is 0 Å². The van der Waals surface area contributed by atoms with Crippen LogP contribution in [-0.2, 0) is 17.5 Å². The van der Waals surface area contributed by atoms with Gasteiger partial charge in [-0.15, -0.1) is 24.0 Å². The number of imidazole rings is 1. The van der Waals surface area contributed by atoms with Crippen molar-refractivity contribution in [2.24, 2.45) is 0 Å². The van der Waals surface area contributed by atoms with Crippen molar-refractivity contribution in [3.05, 3.63) is 65.5 Å². The lowest BCUT2D eigenvalue weighted by Crippen LogP contribution is -2.30. The van der Waals surface area contributed by atoms with Gasteiger partial charge < -0.3 is 24.8 Å². The molecule has 4 aromatic rings. The summed E-state index contributed by atoms with van der Waals surface area (Å²) in [4.78, 5) is 21.7. The number of benzene rings is 1. The molecule has 0 spiro atoms. The first-order valence-corrected chi connectivity index (χ1v) is 12.7. The van der Waals surface area contributed by atoms with E-state index in [2.05, 4.69) is 30.2 Å². The number of rotatable bonds is 9. The van der Waals surface area contributed by atoms with E-state index in [4.69, 9.17) is 14.9 Å². The van der Waals surface area contributed by atoms with Crippen LogP contribution in [0.1, 0.15) is 47.3 Å². The third-order valence-electron chi connectivity index (χ3n) is 6.90. The average molecular weight is 678 g/mol. The quantitative estimate of drug-likeness (QED) is 0.176.